The molecule has 4 nitrogen and oxygen atoms in total. The number of ether oxygens (including phenoxy) is 1. The monoisotopic (exact) mass is 305 g/mol. The first-order valence-corrected chi connectivity index (χ1v) is 5.68. The SMILES string of the molecule is COc1ccc2c(c1)-c1nnc(C(F)(F)F)n1CC2.Cl. The molecule has 2 aromatic rings. The lowest BCUT2D eigenvalue weighted by atomic mass is 10.0. The van der Waals surface area contributed by atoms with E-state index in [1.54, 1.807) is 12.1 Å². The number of aryl methyl sites for hydroxylation is 1. The van der Waals surface area contributed by atoms with E-state index < -0.39 is 12.0 Å². The molecule has 20 heavy (non-hydrogen) atoms. The van der Waals surface area contributed by atoms with Gasteiger partial charge in [-0.1, -0.05) is 6.07 Å². The molecular formula is C12H11ClF3N3O. The van der Waals surface area contributed by atoms with E-state index in [-0.39, 0.29) is 24.8 Å². The van der Waals surface area contributed by atoms with Gasteiger partial charge in [-0.15, -0.1) is 22.6 Å². The van der Waals surface area contributed by atoms with Gasteiger partial charge in [-0.05, 0) is 24.1 Å². The van der Waals surface area contributed by atoms with Crippen LogP contribution in [0.5, 0.6) is 5.75 Å². The number of rotatable bonds is 1. The number of benzene rings is 1. The number of methoxy groups -OCH3 is 1. The Morgan fingerprint density at radius 3 is 2.65 bits per heavy atom. The van der Waals surface area contributed by atoms with E-state index in [4.69, 9.17) is 4.74 Å². The average molecular weight is 306 g/mol. The summed E-state index contributed by atoms with van der Waals surface area (Å²) >= 11 is 0. The summed E-state index contributed by atoms with van der Waals surface area (Å²) in [4.78, 5) is 0. The van der Waals surface area contributed by atoms with Crippen molar-refractivity contribution in [1.29, 1.82) is 0 Å². The molecule has 1 aromatic carbocycles. The Labute approximate surface area is 119 Å². The quantitative estimate of drug-likeness (QED) is 0.813. The Bertz CT molecular complexity index is 639. The van der Waals surface area contributed by atoms with Gasteiger partial charge in [-0.25, -0.2) is 0 Å². The van der Waals surface area contributed by atoms with Crippen molar-refractivity contribution in [2.75, 3.05) is 7.11 Å². The first-order valence-electron chi connectivity index (χ1n) is 5.68. The van der Waals surface area contributed by atoms with Crippen molar-refractivity contribution in [2.45, 2.75) is 19.1 Å². The fourth-order valence-electron chi connectivity index (χ4n) is 2.26. The zero-order valence-corrected chi connectivity index (χ0v) is 11.3. The van der Waals surface area contributed by atoms with Gasteiger partial charge in [0.25, 0.3) is 0 Å². The van der Waals surface area contributed by atoms with Crippen molar-refractivity contribution >= 4 is 12.4 Å². The maximum Gasteiger partial charge on any atom is 0.451 e. The molecule has 0 radical (unpaired) electrons. The molecular weight excluding hydrogens is 295 g/mol. The van der Waals surface area contributed by atoms with E-state index in [2.05, 4.69) is 10.2 Å². The summed E-state index contributed by atoms with van der Waals surface area (Å²) in [5, 5.41) is 6.95. The van der Waals surface area contributed by atoms with Crippen molar-refractivity contribution in [1.82, 2.24) is 14.8 Å². The van der Waals surface area contributed by atoms with Crippen LogP contribution in [0.2, 0.25) is 0 Å². The summed E-state index contributed by atoms with van der Waals surface area (Å²) in [5.41, 5.74) is 1.60. The van der Waals surface area contributed by atoms with Crippen LogP contribution < -0.4 is 4.74 Å². The van der Waals surface area contributed by atoms with E-state index in [1.807, 2.05) is 6.07 Å². The van der Waals surface area contributed by atoms with E-state index >= 15 is 0 Å². The highest BCUT2D eigenvalue weighted by Crippen LogP contribution is 2.36. The summed E-state index contributed by atoms with van der Waals surface area (Å²) in [6, 6.07) is 5.32. The van der Waals surface area contributed by atoms with E-state index in [9.17, 15) is 13.2 Å². The second-order valence-corrected chi connectivity index (χ2v) is 4.27. The highest BCUT2D eigenvalue weighted by atomic mass is 35.5. The van der Waals surface area contributed by atoms with Gasteiger partial charge in [0, 0.05) is 12.1 Å². The summed E-state index contributed by atoms with van der Waals surface area (Å²) in [7, 11) is 1.51. The van der Waals surface area contributed by atoms with Crippen LogP contribution in [0.1, 0.15) is 11.4 Å². The molecule has 0 saturated carbocycles. The first-order chi connectivity index (χ1) is 9.00. The number of alkyl halides is 3. The minimum absolute atomic E-state index is 0. The Hall–Kier alpha value is -1.76. The topological polar surface area (TPSA) is 39.9 Å². The number of hydrogen-bond acceptors (Lipinski definition) is 3. The molecule has 0 amide bonds. The summed E-state index contributed by atoms with van der Waals surface area (Å²) in [5.74, 6) is -0.118. The molecule has 0 spiro atoms. The molecule has 0 atom stereocenters. The lowest BCUT2D eigenvalue weighted by Gasteiger charge is -2.19. The molecule has 3 rings (SSSR count). The van der Waals surface area contributed by atoms with Crippen molar-refractivity contribution in [3.63, 3.8) is 0 Å². The lowest BCUT2D eigenvalue weighted by Crippen LogP contribution is -2.19. The van der Waals surface area contributed by atoms with Crippen LogP contribution in [-0.2, 0) is 19.1 Å². The Morgan fingerprint density at radius 2 is 2.00 bits per heavy atom. The smallest absolute Gasteiger partial charge is 0.451 e. The summed E-state index contributed by atoms with van der Waals surface area (Å²) < 4.78 is 44.6. The molecule has 0 bridgehead atoms. The molecule has 1 aliphatic rings. The third kappa shape index (κ3) is 2.22. The molecule has 108 valence electrons. The van der Waals surface area contributed by atoms with Crippen molar-refractivity contribution in [3.8, 4) is 17.1 Å². The Morgan fingerprint density at radius 1 is 1.25 bits per heavy atom. The van der Waals surface area contributed by atoms with Gasteiger partial charge in [0.15, 0.2) is 5.82 Å². The number of hydrogen-bond donors (Lipinski definition) is 0. The number of halogens is 4. The molecule has 0 aliphatic carbocycles. The predicted molar refractivity (Wildman–Crippen MR) is 68.0 cm³/mol. The number of fused-ring (bicyclic) bond motifs is 3. The fraction of sp³-hybridized carbons (Fsp3) is 0.333. The van der Waals surface area contributed by atoms with Crippen LogP contribution in [0, 0.1) is 0 Å². The average Bonchev–Trinajstić information content (AvgIpc) is 2.82. The maximum atomic E-state index is 12.8. The predicted octanol–water partition coefficient (Wildman–Crippen LogP) is 2.95. The van der Waals surface area contributed by atoms with Crippen molar-refractivity contribution in [3.05, 3.63) is 29.6 Å². The second-order valence-electron chi connectivity index (χ2n) is 4.27. The van der Waals surface area contributed by atoms with E-state index in [0.717, 1.165) is 10.1 Å². The van der Waals surface area contributed by atoms with Gasteiger partial charge < -0.3 is 9.30 Å². The molecule has 1 aliphatic heterocycles. The third-order valence-electron chi connectivity index (χ3n) is 3.17. The highest BCUT2D eigenvalue weighted by molar-refractivity contribution is 5.85. The van der Waals surface area contributed by atoms with Gasteiger partial charge in [-0.2, -0.15) is 13.2 Å². The van der Waals surface area contributed by atoms with E-state index in [0.29, 0.717) is 17.7 Å². The van der Waals surface area contributed by atoms with Crippen LogP contribution in [0.4, 0.5) is 13.2 Å². The third-order valence-corrected chi connectivity index (χ3v) is 3.17. The van der Waals surface area contributed by atoms with Crippen LogP contribution in [0.25, 0.3) is 11.4 Å². The zero-order valence-electron chi connectivity index (χ0n) is 10.4. The Kier molecular flexibility index (Phi) is 3.64. The standard InChI is InChI=1S/C12H10F3N3O.ClH/c1-19-8-3-2-7-4-5-18-10(9(7)6-8)16-17-11(18)12(13,14)15;/h2-3,6H,4-5H2,1H3;1H. The van der Waals surface area contributed by atoms with Gasteiger partial charge >= 0.3 is 6.18 Å². The molecule has 1 aromatic heterocycles. The minimum Gasteiger partial charge on any atom is -0.497 e. The van der Waals surface area contributed by atoms with Crippen molar-refractivity contribution in [2.24, 2.45) is 0 Å². The fourth-order valence-corrected chi connectivity index (χ4v) is 2.26. The molecule has 0 N–H and O–H groups in total. The minimum atomic E-state index is -4.48. The number of nitrogens with zero attached hydrogens (tertiary/aromatic N) is 3. The molecule has 0 saturated heterocycles. The first kappa shape index (κ1) is 14.6. The Balaban J connectivity index is 0.00000147. The van der Waals surface area contributed by atoms with Crippen molar-refractivity contribution < 1.29 is 17.9 Å². The summed E-state index contributed by atoms with van der Waals surface area (Å²) in [6.07, 6.45) is -3.96. The lowest BCUT2D eigenvalue weighted by molar-refractivity contribution is -0.147. The molecule has 0 unspecified atom stereocenters. The maximum absolute atomic E-state index is 12.8. The molecule has 0 fully saturated rings. The number of aromatic nitrogens is 3. The van der Waals surface area contributed by atoms with Crippen LogP contribution in [-0.4, -0.2) is 21.9 Å². The van der Waals surface area contributed by atoms with Gasteiger partial charge in [-0.3, -0.25) is 0 Å². The van der Waals surface area contributed by atoms with Crippen LogP contribution in [0.3, 0.4) is 0 Å². The molecule has 8 heteroatoms. The molecule has 2 heterocycles. The van der Waals surface area contributed by atoms with Crippen LogP contribution in [0.15, 0.2) is 18.2 Å². The largest absolute Gasteiger partial charge is 0.497 e. The van der Waals surface area contributed by atoms with Gasteiger partial charge in [0.05, 0.1) is 7.11 Å². The van der Waals surface area contributed by atoms with E-state index in [1.165, 1.54) is 7.11 Å². The van der Waals surface area contributed by atoms with Gasteiger partial charge in [0.1, 0.15) is 5.75 Å². The zero-order chi connectivity index (χ0) is 13.6. The highest BCUT2D eigenvalue weighted by Gasteiger charge is 2.39. The normalized spacial score (nSPS) is 13.2. The van der Waals surface area contributed by atoms with Crippen LogP contribution >= 0.6 is 12.4 Å². The second kappa shape index (κ2) is 4.97. The van der Waals surface area contributed by atoms with Gasteiger partial charge in [0.2, 0.25) is 5.82 Å². The summed E-state index contributed by atoms with van der Waals surface area (Å²) in [6.45, 7) is 0.233.